The average Bonchev–Trinajstić information content (AvgIpc) is 2.86. The normalized spacial score (nSPS) is 10.5. The van der Waals surface area contributed by atoms with Gasteiger partial charge in [0.05, 0.1) is 29.7 Å². The number of rotatable bonds is 10. The van der Waals surface area contributed by atoms with E-state index in [9.17, 15) is 18.8 Å². The first kappa shape index (κ1) is 26.2. The lowest BCUT2D eigenvalue weighted by atomic mass is 10.2. The lowest BCUT2D eigenvalue weighted by Gasteiger charge is -2.11. The summed E-state index contributed by atoms with van der Waals surface area (Å²) < 4.78 is 24.4. The highest BCUT2D eigenvalue weighted by atomic mass is 35.5. The number of carbonyl (C=O) groups excluding carboxylic acids is 3. The number of benzene rings is 3. The second-order valence-electron chi connectivity index (χ2n) is 7.22. The molecule has 0 heterocycles. The van der Waals surface area contributed by atoms with Gasteiger partial charge in [-0.15, -0.1) is 0 Å². The Kier molecular flexibility index (Phi) is 9.35. The Morgan fingerprint density at radius 1 is 0.917 bits per heavy atom. The van der Waals surface area contributed by atoms with E-state index in [1.54, 1.807) is 48.5 Å². The molecule has 36 heavy (non-hydrogen) atoms. The first-order chi connectivity index (χ1) is 17.4. The molecule has 0 aromatic heterocycles. The van der Waals surface area contributed by atoms with Crippen LogP contribution < -0.4 is 25.5 Å². The topological polar surface area (TPSA) is 118 Å². The van der Waals surface area contributed by atoms with E-state index < -0.39 is 30.0 Å². The third-order valence-electron chi connectivity index (χ3n) is 4.57. The number of nitrogens with one attached hydrogen (secondary N) is 3. The van der Waals surface area contributed by atoms with Crippen LogP contribution in [0.2, 0.25) is 5.02 Å². The number of carbonyl (C=O) groups is 3. The molecule has 3 N–H and O–H groups in total. The van der Waals surface area contributed by atoms with Crippen LogP contribution in [-0.2, 0) is 14.4 Å². The number of ether oxygens (including phenoxy) is 2. The fraction of sp³-hybridized carbons (Fsp3) is 0.120. The van der Waals surface area contributed by atoms with Gasteiger partial charge in [0.1, 0.15) is 12.2 Å². The standard InChI is InChI=1S/C25H22ClFN4O5/c1-35-22-12-16(10-11-21(22)36-15-25(34)30-20-9-5-3-7-18(20)27)14-28-31-24(33)13-23(32)29-19-8-4-2-6-17(19)26/h2-12,14H,13,15H2,1H3,(H,29,32)(H,30,34)(H,31,33). The van der Waals surface area contributed by atoms with E-state index in [-0.39, 0.29) is 18.0 Å². The highest BCUT2D eigenvalue weighted by Crippen LogP contribution is 2.27. The van der Waals surface area contributed by atoms with Crippen molar-refractivity contribution in [2.24, 2.45) is 5.10 Å². The van der Waals surface area contributed by atoms with Crippen molar-refractivity contribution < 1.29 is 28.2 Å². The van der Waals surface area contributed by atoms with E-state index in [1.807, 2.05) is 0 Å². The summed E-state index contributed by atoms with van der Waals surface area (Å²) in [5.41, 5.74) is 3.27. The van der Waals surface area contributed by atoms with Gasteiger partial charge in [0, 0.05) is 0 Å². The second kappa shape index (κ2) is 12.9. The molecule has 3 rings (SSSR count). The van der Waals surface area contributed by atoms with Crippen molar-refractivity contribution in [3.63, 3.8) is 0 Å². The van der Waals surface area contributed by atoms with Crippen LogP contribution in [-0.4, -0.2) is 37.7 Å². The summed E-state index contributed by atoms with van der Waals surface area (Å²) in [6, 6.07) is 17.2. The Bertz CT molecular complexity index is 1280. The number of methoxy groups -OCH3 is 1. The molecule has 0 saturated heterocycles. The van der Waals surface area contributed by atoms with Crippen LogP contribution in [0.4, 0.5) is 15.8 Å². The molecule has 0 aliphatic carbocycles. The van der Waals surface area contributed by atoms with Gasteiger partial charge in [-0.1, -0.05) is 35.9 Å². The molecule has 0 aliphatic heterocycles. The van der Waals surface area contributed by atoms with Gasteiger partial charge >= 0.3 is 0 Å². The lowest BCUT2D eigenvalue weighted by Crippen LogP contribution is -2.24. The summed E-state index contributed by atoms with van der Waals surface area (Å²) in [6.07, 6.45) is 0.897. The zero-order chi connectivity index (χ0) is 25.9. The van der Waals surface area contributed by atoms with Crippen LogP contribution >= 0.6 is 11.6 Å². The molecule has 0 bridgehead atoms. The molecule has 0 saturated carbocycles. The molecule has 0 atom stereocenters. The molecule has 0 radical (unpaired) electrons. The highest BCUT2D eigenvalue weighted by Gasteiger charge is 2.12. The van der Waals surface area contributed by atoms with Crippen molar-refractivity contribution in [3.8, 4) is 11.5 Å². The van der Waals surface area contributed by atoms with Gasteiger partial charge < -0.3 is 20.1 Å². The van der Waals surface area contributed by atoms with Gasteiger partial charge in [0.2, 0.25) is 11.8 Å². The minimum absolute atomic E-state index is 0.0491. The molecule has 0 fully saturated rings. The first-order valence-corrected chi connectivity index (χ1v) is 10.9. The molecule has 186 valence electrons. The Morgan fingerprint density at radius 2 is 1.61 bits per heavy atom. The predicted molar refractivity (Wildman–Crippen MR) is 134 cm³/mol. The highest BCUT2D eigenvalue weighted by molar-refractivity contribution is 6.33. The number of para-hydroxylation sites is 2. The summed E-state index contributed by atoms with van der Waals surface area (Å²) in [5.74, 6) is -1.68. The summed E-state index contributed by atoms with van der Waals surface area (Å²) in [7, 11) is 1.42. The van der Waals surface area contributed by atoms with Crippen LogP contribution in [0, 0.1) is 5.82 Å². The van der Waals surface area contributed by atoms with Crippen LogP contribution in [0.5, 0.6) is 11.5 Å². The summed E-state index contributed by atoms with van der Waals surface area (Å²) >= 11 is 5.97. The molecule has 11 heteroatoms. The van der Waals surface area contributed by atoms with E-state index in [4.69, 9.17) is 21.1 Å². The fourth-order valence-corrected chi connectivity index (χ4v) is 3.08. The van der Waals surface area contributed by atoms with Gasteiger partial charge in [-0.25, -0.2) is 9.82 Å². The SMILES string of the molecule is COc1cc(C=NNC(=O)CC(=O)Nc2ccccc2Cl)ccc1OCC(=O)Nc1ccccc1F. The number of hydrogen-bond acceptors (Lipinski definition) is 6. The number of halogens is 2. The van der Waals surface area contributed by atoms with Crippen LogP contribution in [0.1, 0.15) is 12.0 Å². The minimum atomic E-state index is -0.622. The monoisotopic (exact) mass is 512 g/mol. The van der Waals surface area contributed by atoms with Gasteiger partial charge in [0.25, 0.3) is 5.91 Å². The third kappa shape index (κ3) is 7.81. The largest absolute Gasteiger partial charge is 0.493 e. The lowest BCUT2D eigenvalue weighted by molar-refractivity contribution is -0.126. The van der Waals surface area contributed by atoms with E-state index in [0.717, 1.165) is 0 Å². The molecule has 3 aromatic carbocycles. The quantitative estimate of drug-likeness (QED) is 0.216. The van der Waals surface area contributed by atoms with E-state index in [2.05, 4.69) is 21.2 Å². The Hall–Kier alpha value is -4.44. The first-order valence-electron chi connectivity index (χ1n) is 10.6. The Morgan fingerprint density at radius 3 is 2.33 bits per heavy atom. The maximum atomic E-state index is 13.7. The second-order valence-corrected chi connectivity index (χ2v) is 7.63. The molecule has 0 aliphatic rings. The average molecular weight is 513 g/mol. The molecular formula is C25H22ClFN4O5. The van der Waals surface area contributed by atoms with Crippen LogP contribution in [0.25, 0.3) is 0 Å². The summed E-state index contributed by atoms with van der Waals surface area (Å²) in [6.45, 7) is -0.371. The number of nitrogens with zero attached hydrogens (tertiary/aromatic N) is 1. The van der Waals surface area contributed by atoms with E-state index >= 15 is 0 Å². The third-order valence-corrected chi connectivity index (χ3v) is 4.90. The molecule has 0 spiro atoms. The van der Waals surface area contributed by atoms with Crippen molar-refractivity contribution >= 4 is 46.9 Å². The number of amides is 3. The number of hydrogen-bond donors (Lipinski definition) is 3. The van der Waals surface area contributed by atoms with Crippen molar-refractivity contribution in [2.45, 2.75) is 6.42 Å². The zero-order valence-electron chi connectivity index (χ0n) is 19.1. The smallest absolute Gasteiger partial charge is 0.262 e. The van der Waals surface area contributed by atoms with Crippen molar-refractivity contribution in [1.29, 1.82) is 0 Å². The zero-order valence-corrected chi connectivity index (χ0v) is 19.8. The van der Waals surface area contributed by atoms with Gasteiger partial charge in [-0.05, 0) is 48.0 Å². The van der Waals surface area contributed by atoms with Gasteiger partial charge in [-0.3, -0.25) is 14.4 Å². The maximum Gasteiger partial charge on any atom is 0.262 e. The Balaban J connectivity index is 1.49. The minimum Gasteiger partial charge on any atom is -0.493 e. The van der Waals surface area contributed by atoms with Crippen LogP contribution in [0.15, 0.2) is 71.8 Å². The molecular weight excluding hydrogens is 491 g/mol. The van der Waals surface area contributed by atoms with E-state index in [1.165, 1.54) is 31.5 Å². The summed E-state index contributed by atoms with van der Waals surface area (Å²) in [5, 5.41) is 9.15. The van der Waals surface area contributed by atoms with Crippen LogP contribution in [0.3, 0.4) is 0 Å². The Labute approximate surface area is 211 Å². The van der Waals surface area contributed by atoms with Gasteiger partial charge in [-0.2, -0.15) is 5.10 Å². The number of anilines is 2. The summed E-state index contributed by atoms with van der Waals surface area (Å²) in [4.78, 5) is 36.0. The van der Waals surface area contributed by atoms with Crippen molar-refractivity contribution in [1.82, 2.24) is 5.43 Å². The van der Waals surface area contributed by atoms with Crippen molar-refractivity contribution in [3.05, 3.63) is 83.1 Å². The number of hydrazone groups is 1. The van der Waals surface area contributed by atoms with E-state index in [0.29, 0.717) is 22.0 Å². The maximum absolute atomic E-state index is 13.7. The molecule has 3 aromatic rings. The predicted octanol–water partition coefficient (Wildman–Crippen LogP) is 3.98. The molecule has 0 unspecified atom stereocenters. The molecule has 3 amide bonds. The fourth-order valence-electron chi connectivity index (χ4n) is 2.90. The molecule has 9 nitrogen and oxygen atoms in total. The van der Waals surface area contributed by atoms with Gasteiger partial charge in [0.15, 0.2) is 18.1 Å². The van der Waals surface area contributed by atoms with Crippen molar-refractivity contribution in [2.75, 3.05) is 24.4 Å².